The molecular formula is C10H20. The maximum absolute atomic E-state index is 2.00. The Morgan fingerprint density at radius 3 is 1.30 bits per heavy atom. The van der Waals surface area contributed by atoms with Crippen molar-refractivity contribution in [2.75, 3.05) is 0 Å². The Bertz CT molecular complexity index is 74.0. The lowest BCUT2D eigenvalue weighted by molar-refractivity contribution is 0.115. The van der Waals surface area contributed by atoms with Crippen LogP contribution in [0.5, 0.6) is 0 Å². The highest BCUT2D eigenvalue weighted by Crippen LogP contribution is 2.44. The first kappa shape index (κ1) is 8.10. The molecule has 2 fully saturated rings. The second-order valence-corrected chi connectivity index (χ2v) is 3.38. The highest BCUT2D eigenvalue weighted by Gasteiger charge is 2.31. The van der Waals surface area contributed by atoms with Gasteiger partial charge in [0.05, 0.1) is 0 Å². The molecule has 2 rings (SSSR count). The molecule has 2 aliphatic rings. The summed E-state index contributed by atoms with van der Waals surface area (Å²) in [6.45, 7) is 4.00. The van der Waals surface area contributed by atoms with E-state index in [1.54, 1.807) is 25.7 Å². The Morgan fingerprint density at radius 1 is 0.700 bits per heavy atom. The number of hydrogen-bond donors (Lipinski definition) is 0. The third-order valence-corrected chi connectivity index (χ3v) is 2.97. The second-order valence-electron chi connectivity index (χ2n) is 3.38. The third kappa shape index (κ3) is 1.53. The molecule has 0 nitrogen and oxygen atoms in total. The van der Waals surface area contributed by atoms with Crippen LogP contribution in [0.1, 0.15) is 52.4 Å². The van der Waals surface area contributed by atoms with Gasteiger partial charge in [0.15, 0.2) is 0 Å². The summed E-state index contributed by atoms with van der Waals surface area (Å²) in [5, 5.41) is 0. The lowest BCUT2D eigenvalue weighted by atomic mass is 9.66. The van der Waals surface area contributed by atoms with Gasteiger partial charge in [-0.15, -0.1) is 0 Å². The topological polar surface area (TPSA) is 0 Å². The van der Waals surface area contributed by atoms with Crippen LogP contribution in [0.25, 0.3) is 0 Å². The van der Waals surface area contributed by atoms with Crippen LogP contribution in [0.3, 0.4) is 0 Å². The van der Waals surface area contributed by atoms with Crippen molar-refractivity contribution >= 4 is 0 Å². The second kappa shape index (κ2) is 4.00. The summed E-state index contributed by atoms with van der Waals surface area (Å²) < 4.78 is 0. The van der Waals surface area contributed by atoms with Gasteiger partial charge in [-0.1, -0.05) is 39.5 Å². The van der Waals surface area contributed by atoms with E-state index in [2.05, 4.69) is 0 Å². The van der Waals surface area contributed by atoms with Gasteiger partial charge in [0.25, 0.3) is 0 Å². The molecule has 0 heteroatoms. The quantitative estimate of drug-likeness (QED) is 0.482. The van der Waals surface area contributed by atoms with Crippen molar-refractivity contribution in [1.29, 1.82) is 0 Å². The molecule has 10 heavy (non-hydrogen) atoms. The summed E-state index contributed by atoms with van der Waals surface area (Å²) in [6.07, 6.45) is 9.30. The van der Waals surface area contributed by atoms with Crippen molar-refractivity contribution in [3.8, 4) is 0 Å². The fourth-order valence-electron chi connectivity index (χ4n) is 2.21. The molecule has 0 amide bonds. The predicted octanol–water partition coefficient (Wildman–Crippen LogP) is 3.61. The van der Waals surface area contributed by atoms with E-state index in [4.69, 9.17) is 0 Å². The average Bonchev–Trinajstić information content (AvgIpc) is 1.96. The van der Waals surface area contributed by atoms with Gasteiger partial charge in [0, 0.05) is 0 Å². The largest absolute Gasteiger partial charge is 0.0683 e. The molecule has 0 spiro atoms. The number of fused-ring (bicyclic) bond motifs is 1. The van der Waals surface area contributed by atoms with E-state index < -0.39 is 0 Å². The van der Waals surface area contributed by atoms with Gasteiger partial charge in [-0.3, -0.25) is 0 Å². The highest BCUT2D eigenvalue weighted by atomic mass is 14.4. The standard InChI is InChI=1S/C8H14.C2H6/c1-2-4-8-6-5-7(8)3-1;1-2/h7-8H,1-6H2;1-2H3. The third-order valence-electron chi connectivity index (χ3n) is 2.97. The lowest BCUT2D eigenvalue weighted by Crippen LogP contribution is -2.28. The zero-order valence-corrected chi connectivity index (χ0v) is 7.40. The zero-order valence-electron chi connectivity index (χ0n) is 7.40. The number of hydrogen-bond acceptors (Lipinski definition) is 0. The molecule has 0 saturated heterocycles. The average molecular weight is 140 g/mol. The van der Waals surface area contributed by atoms with E-state index in [0.717, 1.165) is 0 Å². The summed E-state index contributed by atoms with van der Waals surface area (Å²) in [7, 11) is 0. The van der Waals surface area contributed by atoms with Gasteiger partial charge in [-0.05, 0) is 24.7 Å². The summed E-state index contributed by atoms with van der Waals surface area (Å²) in [5.74, 6) is 2.37. The van der Waals surface area contributed by atoms with Crippen molar-refractivity contribution in [1.82, 2.24) is 0 Å². The van der Waals surface area contributed by atoms with Gasteiger partial charge in [-0.25, -0.2) is 0 Å². The van der Waals surface area contributed by atoms with E-state index >= 15 is 0 Å². The Kier molecular flexibility index (Phi) is 3.24. The Balaban J connectivity index is 0.000000231. The minimum Gasteiger partial charge on any atom is -0.0683 e. The fourth-order valence-corrected chi connectivity index (χ4v) is 2.21. The predicted molar refractivity (Wildman–Crippen MR) is 46.0 cm³/mol. The first-order chi connectivity index (χ1) is 4.97. The summed E-state index contributed by atoms with van der Waals surface area (Å²) in [4.78, 5) is 0. The van der Waals surface area contributed by atoms with Crippen molar-refractivity contribution in [2.45, 2.75) is 52.4 Å². The van der Waals surface area contributed by atoms with E-state index in [1.807, 2.05) is 13.8 Å². The highest BCUT2D eigenvalue weighted by molar-refractivity contribution is 4.83. The SMILES string of the molecule is C1CCC2CCC2C1.CC. The van der Waals surface area contributed by atoms with Gasteiger partial charge in [0.1, 0.15) is 0 Å². The monoisotopic (exact) mass is 140 g/mol. The fraction of sp³-hybridized carbons (Fsp3) is 1.00. The minimum atomic E-state index is 1.18. The molecular weight excluding hydrogens is 120 g/mol. The first-order valence-electron chi connectivity index (χ1n) is 4.97. The summed E-state index contributed by atoms with van der Waals surface area (Å²) in [6, 6.07) is 0. The maximum Gasteiger partial charge on any atom is -0.0386 e. The molecule has 0 aromatic rings. The smallest absolute Gasteiger partial charge is 0.0386 e. The minimum absolute atomic E-state index is 1.18. The summed E-state index contributed by atoms with van der Waals surface area (Å²) in [5.41, 5.74) is 0. The normalized spacial score (nSPS) is 36.6. The van der Waals surface area contributed by atoms with Crippen LogP contribution >= 0.6 is 0 Å². The molecule has 0 aromatic carbocycles. The zero-order chi connectivity index (χ0) is 7.40. The van der Waals surface area contributed by atoms with Gasteiger partial charge in [-0.2, -0.15) is 0 Å². The molecule has 2 saturated carbocycles. The Hall–Kier alpha value is 0. The first-order valence-corrected chi connectivity index (χ1v) is 4.97. The van der Waals surface area contributed by atoms with E-state index in [0.29, 0.717) is 0 Å². The van der Waals surface area contributed by atoms with Gasteiger partial charge < -0.3 is 0 Å². The molecule has 2 atom stereocenters. The van der Waals surface area contributed by atoms with Crippen LogP contribution in [-0.2, 0) is 0 Å². The lowest BCUT2D eigenvalue weighted by Gasteiger charge is -2.40. The molecule has 2 unspecified atom stereocenters. The van der Waals surface area contributed by atoms with Crippen molar-refractivity contribution in [3.05, 3.63) is 0 Å². The van der Waals surface area contributed by atoms with Crippen LogP contribution in [-0.4, -0.2) is 0 Å². The molecule has 0 heterocycles. The molecule has 0 N–H and O–H groups in total. The molecule has 0 radical (unpaired) electrons. The molecule has 0 aromatic heterocycles. The van der Waals surface area contributed by atoms with Crippen LogP contribution in [0.15, 0.2) is 0 Å². The van der Waals surface area contributed by atoms with Crippen LogP contribution in [0, 0.1) is 11.8 Å². The molecule has 2 aliphatic carbocycles. The van der Waals surface area contributed by atoms with E-state index in [9.17, 15) is 0 Å². The Morgan fingerprint density at radius 2 is 1.10 bits per heavy atom. The van der Waals surface area contributed by atoms with Crippen molar-refractivity contribution < 1.29 is 0 Å². The van der Waals surface area contributed by atoms with Crippen LogP contribution < -0.4 is 0 Å². The number of rotatable bonds is 0. The van der Waals surface area contributed by atoms with Gasteiger partial charge >= 0.3 is 0 Å². The van der Waals surface area contributed by atoms with E-state index in [-0.39, 0.29) is 0 Å². The molecule has 0 bridgehead atoms. The molecule has 0 aliphatic heterocycles. The van der Waals surface area contributed by atoms with Gasteiger partial charge in [0.2, 0.25) is 0 Å². The Labute approximate surface area is 65.0 Å². The summed E-state index contributed by atoms with van der Waals surface area (Å²) >= 11 is 0. The molecule has 60 valence electrons. The maximum atomic E-state index is 2.00. The van der Waals surface area contributed by atoms with E-state index in [1.165, 1.54) is 24.7 Å². The van der Waals surface area contributed by atoms with Crippen LogP contribution in [0.4, 0.5) is 0 Å². The van der Waals surface area contributed by atoms with Crippen molar-refractivity contribution in [2.24, 2.45) is 11.8 Å². The van der Waals surface area contributed by atoms with Crippen molar-refractivity contribution in [3.63, 3.8) is 0 Å². The van der Waals surface area contributed by atoms with Crippen LogP contribution in [0.2, 0.25) is 0 Å².